The molecular formula is C14H18N2O3. The van der Waals surface area contributed by atoms with Crippen LogP contribution in [0.15, 0.2) is 42.2 Å². The van der Waals surface area contributed by atoms with E-state index in [4.69, 9.17) is 10.5 Å². The Labute approximate surface area is 112 Å². The number of hydrogen-bond acceptors (Lipinski definition) is 4. The van der Waals surface area contributed by atoms with Crippen molar-refractivity contribution in [1.29, 1.82) is 0 Å². The van der Waals surface area contributed by atoms with Crippen LogP contribution in [-0.2, 0) is 11.3 Å². The highest BCUT2D eigenvalue weighted by atomic mass is 16.5. The Morgan fingerprint density at radius 3 is 2.79 bits per heavy atom. The molecule has 1 amide bonds. The molecule has 5 nitrogen and oxygen atoms in total. The van der Waals surface area contributed by atoms with Gasteiger partial charge in [0.15, 0.2) is 0 Å². The van der Waals surface area contributed by atoms with Crippen LogP contribution in [0.2, 0.25) is 0 Å². The fourth-order valence-corrected chi connectivity index (χ4v) is 2.21. The summed E-state index contributed by atoms with van der Waals surface area (Å²) in [6.45, 7) is 1.25. The van der Waals surface area contributed by atoms with Crippen molar-refractivity contribution in [2.75, 3.05) is 13.2 Å². The maximum absolute atomic E-state index is 10.8. The molecule has 1 aromatic rings. The number of carbonyl (C=O) groups excluding carboxylic acids is 1. The second-order valence-electron chi connectivity index (χ2n) is 4.55. The van der Waals surface area contributed by atoms with E-state index in [0.29, 0.717) is 25.3 Å². The largest absolute Gasteiger partial charge is 0.414 e. The van der Waals surface area contributed by atoms with Gasteiger partial charge in [0.2, 0.25) is 0 Å². The summed E-state index contributed by atoms with van der Waals surface area (Å²) in [5.74, 6) is 0.549. The van der Waals surface area contributed by atoms with Gasteiger partial charge in [0.1, 0.15) is 5.76 Å². The lowest BCUT2D eigenvalue weighted by molar-refractivity contribution is 0.0970. The fraction of sp³-hybridized carbons (Fsp3) is 0.357. The molecule has 1 aliphatic rings. The first-order valence-corrected chi connectivity index (χ1v) is 6.24. The number of nitrogens with two attached hydrogens (primary N) is 1. The van der Waals surface area contributed by atoms with E-state index >= 15 is 0 Å². The Morgan fingerprint density at radius 1 is 1.42 bits per heavy atom. The highest BCUT2D eigenvalue weighted by Gasteiger charge is 2.24. The first kappa shape index (κ1) is 13.6. The lowest BCUT2D eigenvalue weighted by Gasteiger charge is -2.33. The predicted octanol–water partition coefficient (Wildman–Crippen LogP) is 1.23. The lowest BCUT2D eigenvalue weighted by Crippen LogP contribution is -2.41. The standard InChI is InChI=1S/C14H18N2O3/c15-14(18)19-13-7-6-12(10-17)16(9-13)8-11-4-2-1-3-5-11/h1-5,7,12,17H,6,8-10H2,(H2,15,18). The molecule has 0 radical (unpaired) electrons. The minimum Gasteiger partial charge on any atom is -0.414 e. The zero-order valence-electron chi connectivity index (χ0n) is 10.7. The van der Waals surface area contributed by atoms with Gasteiger partial charge in [0.25, 0.3) is 0 Å². The van der Waals surface area contributed by atoms with Gasteiger partial charge in [-0.15, -0.1) is 0 Å². The van der Waals surface area contributed by atoms with E-state index in [1.165, 1.54) is 0 Å². The van der Waals surface area contributed by atoms with Gasteiger partial charge in [-0.2, -0.15) is 0 Å². The van der Waals surface area contributed by atoms with Crippen LogP contribution in [-0.4, -0.2) is 35.3 Å². The molecule has 1 aromatic carbocycles. The minimum atomic E-state index is -0.798. The van der Waals surface area contributed by atoms with Crippen molar-refractivity contribution in [3.8, 4) is 0 Å². The van der Waals surface area contributed by atoms with Crippen LogP contribution in [0.25, 0.3) is 0 Å². The SMILES string of the molecule is NC(=O)OC1=CCC(CO)N(Cc2ccccc2)C1. The third-order valence-corrected chi connectivity index (χ3v) is 3.16. The molecular weight excluding hydrogens is 244 g/mol. The van der Waals surface area contributed by atoms with E-state index in [0.717, 1.165) is 5.56 Å². The van der Waals surface area contributed by atoms with Crippen molar-refractivity contribution >= 4 is 6.09 Å². The molecule has 3 N–H and O–H groups in total. The molecule has 0 bridgehead atoms. The Bertz CT molecular complexity index is 459. The molecule has 5 heteroatoms. The number of aliphatic hydroxyl groups is 1. The quantitative estimate of drug-likeness (QED) is 0.855. The molecule has 0 saturated heterocycles. The summed E-state index contributed by atoms with van der Waals surface area (Å²) in [6.07, 6.45) is 1.66. The highest BCUT2D eigenvalue weighted by Crippen LogP contribution is 2.19. The Kier molecular flexibility index (Phi) is 4.54. The summed E-state index contributed by atoms with van der Waals surface area (Å²) < 4.78 is 4.93. The summed E-state index contributed by atoms with van der Waals surface area (Å²) in [5, 5.41) is 9.40. The number of carbonyl (C=O) groups is 1. The maximum Gasteiger partial charge on any atom is 0.409 e. The smallest absolute Gasteiger partial charge is 0.409 e. The van der Waals surface area contributed by atoms with Crippen molar-refractivity contribution < 1.29 is 14.6 Å². The van der Waals surface area contributed by atoms with Gasteiger partial charge in [0, 0.05) is 12.6 Å². The number of amides is 1. The first-order chi connectivity index (χ1) is 9.19. The summed E-state index contributed by atoms with van der Waals surface area (Å²) in [4.78, 5) is 12.9. The minimum absolute atomic E-state index is 0.0421. The average Bonchev–Trinajstić information content (AvgIpc) is 2.39. The number of primary amides is 1. The van der Waals surface area contributed by atoms with Crippen molar-refractivity contribution in [3.05, 3.63) is 47.7 Å². The highest BCUT2D eigenvalue weighted by molar-refractivity contribution is 5.66. The summed E-state index contributed by atoms with van der Waals surface area (Å²) in [6, 6.07) is 10.0. The van der Waals surface area contributed by atoms with Crippen LogP contribution < -0.4 is 5.73 Å². The lowest BCUT2D eigenvalue weighted by atomic mass is 10.1. The first-order valence-electron chi connectivity index (χ1n) is 6.24. The monoisotopic (exact) mass is 262 g/mol. The molecule has 102 valence electrons. The van der Waals surface area contributed by atoms with E-state index in [2.05, 4.69) is 4.90 Å². The van der Waals surface area contributed by atoms with Crippen molar-refractivity contribution in [1.82, 2.24) is 4.90 Å². The molecule has 0 aliphatic carbocycles. The number of ether oxygens (including phenoxy) is 1. The summed E-state index contributed by atoms with van der Waals surface area (Å²) >= 11 is 0. The molecule has 1 aliphatic heterocycles. The zero-order valence-corrected chi connectivity index (χ0v) is 10.7. The molecule has 19 heavy (non-hydrogen) atoms. The van der Waals surface area contributed by atoms with E-state index in [-0.39, 0.29) is 12.6 Å². The van der Waals surface area contributed by atoms with Crippen molar-refractivity contribution in [2.24, 2.45) is 5.73 Å². The molecule has 0 fully saturated rings. The Balaban J connectivity index is 2.05. The van der Waals surface area contributed by atoms with Gasteiger partial charge >= 0.3 is 6.09 Å². The van der Waals surface area contributed by atoms with Crippen LogP contribution in [0.4, 0.5) is 4.79 Å². The van der Waals surface area contributed by atoms with Crippen molar-refractivity contribution in [3.63, 3.8) is 0 Å². The third-order valence-electron chi connectivity index (χ3n) is 3.16. The topological polar surface area (TPSA) is 75.8 Å². The number of benzene rings is 1. The van der Waals surface area contributed by atoms with Crippen LogP contribution in [0.3, 0.4) is 0 Å². The number of nitrogens with zero attached hydrogens (tertiary/aromatic N) is 1. The molecule has 0 saturated carbocycles. The molecule has 1 unspecified atom stereocenters. The van der Waals surface area contributed by atoms with E-state index in [1.54, 1.807) is 0 Å². The van der Waals surface area contributed by atoms with E-state index in [1.807, 2.05) is 36.4 Å². The average molecular weight is 262 g/mol. The van der Waals surface area contributed by atoms with E-state index in [9.17, 15) is 9.90 Å². The fourth-order valence-electron chi connectivity index (χ4n) is 2.21. The summed E-state index contributed by atoms with van der Waals surface area (Å²) in [7, 11) is 0. The van der Waals surface area contributed by atoms with Gasteiger partial charge in [-0.3, -0.25) is 4.90 Å². The molecule has 0 aromatic heterocycles. The van der Waals surface area contributed by atoms with E-state index < -0.39 is 6.09 Å². The molecule has 2 rings (SSSR count). The Hall–Kier alpha value is -1.85. The van der Waals surface area contributed by atoms with Crippen molar-refractivity contribution in [2.45, 2.75) is 19.0 Å². The summed E-state index contributed by atoms with van der Waals surface area (Å²) in [5.41, 5.74) is 6.17. The van der Waals surface area contributed by atoms with Crippen LogP contribution in [0.5, 0.6) is 0 Å². The Morgan fingerprint density at radius 2 is 2.16 bits per heavy atom. The predicted molar refractivity (Wildman–Crippen MR) is 71.1 cm³/mol. The second kappa shape index (κ2) is 6.36. The molecule has 0 spiro atoms. The van der Waals surface area contributed by atoms with Crippen LogP contribution in [0.1, 0.15) is 12.0 Å². The third kappa shape index (κ3) is 3.81. The normalized spacial score (nSPS) is 19.8. The maximum atomic E-state index is 10.8. The number of rotatable bonds is 4. The van der Waals surface area contributed by atoms with Gasteiger partial charge in [-0.1, -0.05) is 30.3 Å². The number of aliphatic hydroxyl groups excluding tert-OH is 1. The number of hydrogen-bond donors (Lipinski definition) is 2. The van der Waals surface area contributed by atoms with Crippen LogP contribution in [0, 0.1) is 0 Å². The zero-order chi connectivity index (χ0) is 13.7. The molecule has 1 atom stereocenters. The van der Waals surface area contributed by atoms with Gasteiger partial charge in [-0.05, 0) is 18.1 Å². The van der Waals surface area contributed by atoms with Gasteiger partial charge in [-0.25, -0.2) is 4.79 Å². The molecule has 1 heterocycles. The second-order valence-corrected chi connectivity index (χ2v) is 4.55. The van der Waals surface area contributed by atoms with Gasteiger partial charge < -0.3 is 15.6 Å². The van der Waals surface area contributed by atoms with Crippen LogP contribution >= 0.6 is 0 Å². The van der Waals surface area contributed by atoms with Gasteiger partial charge in [0.05, 0.1) is 13.2 Å².